The Labute approximate surface area is 172 Å². The minimum atomic E-state index is -0.233. The van der Waals surface area contributed by atoms with E-state index in [-0.39, 0.29) is 29.7 Å². The van der Waals surface area contributed by atoms with Gasteiger partial charge >= 0.3 is 5.97 Å². The van der Waals surface area contributed by atoms with Gasteiger partial charge in [0.1, 0.15) is 0 Å². The van der Waals surface area contributed by atoms with Gasteiger partial charge in [-0.05, 0) is 92.4 Å². The highest BCUT2D eigenvalue weighted by Crippen LogP contribution is 2.61. The summed E-state index contributed by atoms with van der Waals surface area (Å²) in [5.74, 6) is 1.91. The Balaban J connectivity index is 1.26. The highest BCUT2D eigenvalue weighted by atomic mass is 16.5. The van der Waals surface area contributed by atoms with Crippen molar-refractivity contribution < 1.29 is 19.1 Å². The second-order valence-corrected chi connectivity index (χ2v) is 9.55. The van der Waals surface area contributed by atoms with Gasteiger partial charge in [-0.25, -0.2) is 0 Å². The Bertz CT molecular complexity index is 747. The fourth-order valence-electron chi connectivity index (χ4n) is 6.28. The fourth-order valence-corrected chi connectivity index (χ4v) is 6.28. The first-order valence-corrected chi connectivity index (χ1v) is 11.0. The number of carbonyl (C=O) groups is 3. The molecule has 0 heterocycles. The maximum absolute atomic E-state index is 12.5. The van der Waals surface area contributed by atoms with Crippen molar-refractivity contribution in [2.45, 2.75) is 64.7 Å². The topological polar surface area (TPSA) is 72.5 Å². The molecule has 0 radical (unpaired) electrons. The summed E-state index contributed by atoms with van der Waals surface area (Å²) in [6, 6.07) is 6.74. The van der Waals surface area contributed by atoms with E-state index in [1.165, 1.54) is 19.3 Å². The fraction of sp³-hybridized carbons (Fsp3) is 0.625. The lowest BCUT2D eigenvalue weighted by molar-refractivity contribution is -0.150. The van der Waals surface area contributed by atoms with Crippen LogP contribution < -0.4 is 5.32 Å². The van der Waals surface area contributed by atoms with Crippen LogP contribution >= 0.6 is 0 Å². The van der Waals surface area contributed by atoms with Crippen molar-refractivity contribution in [1.82, 2.24) is 0 Å². The van der Waals surface area contributed by atoms with E-state index < -0.39 is 0 Å². The zero-order valence-electron chi connectivity index (χ0n) is 17.2. The summed E-state index contributed by atoms with van der Waals surface area (Å²) in [7, 11) is 0. The molecule has 4 saturated carbocycles. The second kappa shape index (κ2) is 8.29. The van der Waals surface area contributed by atoms with E-state index >= 15 is 0 Å². The van der Waals surface area contributed by atoms with Crippen molar-refractivity contribution in [2.75, 3.05) is 11.9 Å². The van der Waals surface area contributed by atoms with Crippen molar-refractivity contribution in [3.05, 3.63) is 29.8 Å². The maximum Gasteiger partial charge on any atom is 0.306 e. The molecular formula is C24H31NO4. The molecule has 5 nitrogen and oxygen atoms in total. The van der Waals surface area contributed by atoms with Gasteiger partial charge in [0.25, 0.3) is 0 Å². The van der Waals surface area contributed by atoms with Crippen molar-refractivity contribution in [1.29, 1.82) is 0 Å². The molecule has 1 amide bonds. The van der Waals surface area contributed by atoms with Gasteiger partial charge in [-0.3, -0.25) is 14.4 Å². The number of ether oxygens (including phenoxy) is 1. The third-order valence-electron chi connectivity index (χ3n) is 7.02. The minimum Gasteiger partial charge on any atom is -0.457 e. The summed E-state index contributed by atoms with van der Waals surface area (Å²) >= 11 is 0. The summed E-state index contributed by atoms with van der Waals surface area (Å²) in [4.78, 5) is 36.5. The predicted molar refractivity (Wildman–Crippen MR) is 110 cm³/mol. The summed E-state index contributed by atoms with van der Waals surface area (Å²) in [6.45, 7) is 1.73. The Morgan fingerprint density at radius 1 is 1.00 bits per heavy atom. The molecule has 1 aromatic rings. The van der Waals surface area contributed by atoms with Crippen molar-refractivity contribution in [2.24, 2.45) is 23.2 Å². The Hall–Kier alpha value is -2.17. The highest BCUT2D eigenvalue weighted by molar-refractivity contribution is 5.98. The Kier molecular flexibility index (Phi) is 5.75. The molecule has 0 aliphatic heterocycles. The molecule has 1 N–H and O–H groups in total. The van der Waals surface area contributed by atoms with Gasteiger partial charge in [0.05, 0.1) is 6.42 Å². The van der Waals surface area contributed by atoms with Crippen LogP contribution in [0.5, 0.6) is 0 Å². The summed E-state index contributed by atoms with van der Waals surface area (Å²) in [5, 5.41) is 2.80. The van der Waals surface area contributed by atoms with E-state index in [0.29, 0.717) is 24.1 Å². The number of nitrogens with one attached hydrogen (secondary N) is 1. The van der Waals surface area contributed by atoms with Crippen LogP contribution in [0.2, 0.25) is 0 Å². The van der Waals surface area contributed by atoms with Crippen LogP contribution in [0.4, 0.5) is 5.69 Å². The lowest BCUT2D eigenvalue weighted by atomic mass is 9.49. The third-order valence-corrected chi connectivity index (χ3v) is 7.02. The minimum absolute atomic E-state index is 0.0369. The molecule has 4 aliphatic carbocycles. The van der Waals surface area contributed by atoms with Gasteiger partial charge in [0, 0.05) is 17.7 Å². The van der Waals surface area contributed by atoms with Crippen molar-refractivity contribution in [3.63, 3.8) is 0 Å². The normalized spacial score (nSPS) is 29.5. The smallest absolute Gasteiger partial charge is 0.306 e. The first-order valence-electron chi connectivity index (χ1n) is 11.0. The Morgan fingerprint density at radius 2 is 1.59 bits per heavy atom. The SMILES string of the molecule is CCCC(=O)Nc1ccc(C(=O)COC(=O)CC23CC4CC(CC(C4)C2)C3)cc1. The molecule has 156 valence electrons. The monoisotopic (exact) mass is 397 g/mol. The van der Waals surface area contributed by atoms with E-state index in [1.54, 1.807) is 24.3 Å². The van der Waals surface area contributed by atoms with Crippen LogP contribution in [0.1, 0.15) is 75.1 Å². The molecular weight excluding hydrogens is 366 g/mol. The number of hydrogen-bond acceptors (Lipinski definition) is 4. The molecule has 0 unspecified atom stereocenters. The van der Waals surface area contributed by atoms with Crippen LogP contribution in [-0.4, -0.2) is 24.3 Å². The maximum atomic E-state index is 12.5. The molecule has 4 aliphatic rings. The molecule has 0 aromatic heterocycles. The van der Waals surface area contributed by atoms with Gasteiger partial charge in [-0.15, -0.1) is 0 Å². The first kappa shape index (κ1) is 20.1. The lowest BCUT2D eigenvalue weighted by Gasteiger charge is -2.56. The number of Topliss-reactive ketones (excluding diaryl/α,β-unsaturated/α-hetero) is 1. The molecule has 0 atom stereocenters. The van der Waals surface area contributed by atoms with E-state index in [0.717, 1.165) is 43.4 Å². The van der Waals surface area contributed by atoms with E-state index in [2.05, 4.69) is 5.32 Å². The number of anilines is 1. The van der Waals surface area contributed by atoms with Crippen molar-refractivity contribution in [3.8, 4) is 0 Å². The van der Waals surface area contributed by atoms with E-state index in [1.807, 2.05) is 6.92 Å². The number of hydrogen-bond donors (Lipinski definition) is 1. The number of benzene rings is 1. The Morgan fingerprint density at radius 3 is 2.14 bits per heavy atom. The van der Waals surface area contributed by atoms with Gasteiger partial charge in [0.15, 0.2) is 12.4 Å². The number of carbonyl (C=O) groups excluding carboxylic acids is 3. The first-order chi connectivity index (χ1) is 13.9. The van der Waals surface area contributed by atoms with Crippen LogP contribution in [-0.2, 0) is 14.3 Å². The molecule has 0 spiro atoms. The standard InChI is InChI=1S/C24H31NO4/c1-2-3-22(27)25-20-6-4-19(5-7-20)21(26)15-29-23(28)14-24-11-16-8-17(12-24)10-18(9-16)13-24/h4-7,16-18H,2-3,8-15H2,1H3,(H,25,27). The quantitative estimate of drug-likeness (QED) is 0.507. The average molecular weight is 398 g/mol. The van der Waals surface area contributed by atoms with Gasteiger partial charge in [-0.2, -0.15) is 0 Å². The summed E-state index contributed by atoms with van der Waals surface area (Å²) in [5.41, 5.74) is 1.28. The van der Waals surface area contributed by atoms with Crippen molar-refractivity contribution >= 4 is 23.3 Å². The van der Waals surface area contributed by atoms with Crippen LogP contribution in [0.3, 0.4) is 0 Å². The third kappa shape index (κ3) is 4.71. The van der Waals surface area contributed by atoms with Gasteiger partial charge in [-0.1, -0.05) is 6.92 Å². The number of esters is 1. The zero-order valence-corrected chi connectivity index (χ0v) is 17.2. The van der Waals surface area contributed by atoms with E-state index in [9.17, 15) is 14.4 Å². The molecule has 5 rings (SSSR count). The molecule has 5 heteroatoms. The average Bonchev–Trinajstić information content (AvgIpc) is 2.65. The van der Waals surface area contributed by atoms with Gasteiger partial charge < -0.3 is 10.1 Å². The van der Waals surface area contributed by atoms with Gasteiger partial charge in [0.2, 0.25) is 5.91 Å². The number of rotatable bonds is 8. The second-order valence-electron chi connectivity index (χ2n) is 9.55. The molecule has 4 fully saturated rings. The molecule has 4 bridgehead atoms. The van der Waals surface area contributed by atoms with Crippen LogP contribution in [0, 0.1) is 23.2 Å². The van der Waals surface area contributed by atoms with Crippen LogP contribution in [0.25, 0.3) is 0 Å². The summed E-state index contributed by atoms with van der Waals surface area (Å²) < 4.78 is 5.37. The number of amides is 1. The highest BCUT2D eigenvalue weighted by Gasteiger charge is 2.51. The largest absolute Gasteiger partial charge is 0.457 e. The zero-order chi connectivity index (χ0) is 20.4. The molecule has 1 aromatic carbocycles. The number of ketones is 1. The predicted octanol–water partition coefficient (Wildman–Crippen LogP) is 4.76. The lowest BCUT2D eigenvalue weighted by Crippen LogP contribution is -2.47. The molecule has 0 saturated heterocycles. The molecule has 29 heavy (non-hydrogen) atoms. The van der Waals surface area contributed by atoms with E-state index in [4.69, 9.17) is 4.74 Å². The summed E-state index contributed by atoms with van der Waals surface area (Å²) in [6.07, 6.45) is 9.25. The van der Waals surface area contributed by atoms with Crippen LogP contribution in [0.15, 0.2) is 24.3 Å².